The van der Waals surface area contributed by atoms with Crippen molar-refractivity contribution in [3.8, 4) is 11.4 Å². The predicted molar refractivity (Wildman–Crippen MR) is 72.0 cm³/mol. The molecule has 3 N–H and O–H groups in total. The number of H-pyrrole nitrogens is 1. The number of benzene rings is 1. The van der Waals surface area contributed by atoms with Gasteiger partial charge in [-0.1, -0.05) is 19.3 Å². The molecule has 2 aromatic rings. The van der Waals surface area contributed by atoms with E-state index in [0.717, 1.165) is 18.7 Å². The zero-order chi connectivity index (χ0) is 13.2. The fourth-order valence-corrected chi connectivity index (χ4v) is 2.67. The average molecular weight is 260 g/mol. The summed E-state index contributed by atoms with van der Waals surface area (Å²) in [5, 5.41) is 7.08. The van der Waals surface area contributed by atoms with Gasteiger partial charge in [-0.25, -0.2) is 9.37 Å². The smallest absolute Gasteiger partial charge is 0.184 e. The van der Waals surface area contributed by atoms with Gasteiger partial charge in [-0.15, -0.1) is 0 Å². The first kappa shape index (κ1) is 12.1. The standard InChI is InChI=1S/C14H17FN4/c15-12-7-6-10(16)8-11(12)14-17-13(18-19-14)9-4-2-1-3-5-9/h6-9H,1-5,16H2,(H,17,18,19). The van der Waals surface area contributed by atoms with Crippen molar-refractivity contribution in [3.05, 3.63) is 29.8 Å². The Bertz CT molecular complexity index is 573. The molecule has 4 nitrogen and oxygen atoms in total. The van der Waals surface area contributed by atoms with E-state index >= 15 is 0 Å². The number of nitrogens with two attached hydrogens (primary N) is 1. The molecule has 1 aromatic carbocycles. The van der Waals surface area contributed by atoms with Crippen LogP contribution in [-0.2, 0) is 0 Å². The van der Waals surface area contributed by atoms with Crippen LogP contribution in [0, 0.1) is 5.82 Å². The maximum Gasteiger partial charge on any atom is 0.184 e. The van der Waals surface area contributed by atoms with Crippen LogP contribution in [0.25, 0.3) is 11.4 Å². The van der Waals surface area contributed by atoms with Crippen LogP contribution in [0.3, 0.4) is 0 Å². The highest BCUT2D eigenvalue weighted by Crippen LogP contribution is 2.31. The second kappa shape index (κ2) is 4.99. The first-order valence-corrected chi connectivity index (χ1v) is 6.72. The minimum Gasteiger partial charge on any atom is -0.399 e. The molecule has 0 spiro atoms. The molecular weight excluding hydrogens is 243 g/mol. The first-order valence-electron chi connectivity index (χ1n) is 6.72. The Hall–Kier alpha value is -1.91. The van der Waals surface area contributed by atoms with Gasteiger partial charge in [-0.2, -0.15) is 5.10 Å². The molecule has 1 aliphatic carbocycles. The number of aromatic nitrogens is 3. The largest absolute Gasteiger partial charge is 0.399 e. The van der Waals surface area contributed by atoms with Gasteiger partial charge in [-0.05, 0) is 31.0 Å². The van der Waals surface area contributed by atoms with Crippen LogP contribution in [0.15, 0.2) is 18.2 Å². The molecule has 3 rings (SSSR count). The van der Waals surface area contributed by atoms with Crippen molar-refractivity contribution in [2.75, 3.05) is 5.73 Å². The summed E-state index contributed by atoms with van der Waals surface area (Å²) in [5.74, 6) is 1.35. The summed E-state index contributed by atoms with van der Waals surface area (Å²) in [7, 11) is 0. The maximum absolute atomic E-state index is 13.8. The quantitative estimate of drug-likeness (QED) is 0.814. The molecule has 1 saturated carbocycles. The van der Waals surface area contributed by atoms with E-state index in [0.29, 0.717) is 23.0 Å². The van der Waals surface area contributed by atoms with Crippen molar-refractivity contribution in [1.82, 2.24) is 15.2 Å². The van der Waals surface area contributed by atoms with Crippen molar-refractivity contribution in [3.63, 3.8) is 0 Å². The third-order valence-electron chi connectivity index (χ3n) is 3.73. The number of nitrogen functional groups attached to an aromatic ring is 1. The number of nitrogens with zero attached hydrogens (tertiary/aromatic N) is 2. The second-order valence-corrected chi connectivity index (χ2v) is 5.12. The molecule has 0 aliphatic heterocycles. The van der Waals surface area contributed by atoms with E-state index in [2.05, 4.69) is 15.2 Å². The van der Waals surface area contributed by atoms with Gasteiger partial charge in [0.15, 0.2) is 5.82 Å². The van der Waals surface area contributed by atoms with E-state index in [1.807, 2.05) is 0 Å². The molecule has 0 radical (unpaired) electrons. The number of hydrogen-bond acceptors (Lipinski definition) is 3. The second-order valence-electron chi connectivity index (χ2n) is 5.12. The highest BCUT2D eigenvalue weighted by molar-refractivity contribution is 5.61. The highest BCUT2D eigenvalue weighted by Gasteiger charge is 2.20. The van der Waals surface area contributed by atoms with Gasteiger partial charge in [0.1, 0.15) is 11.6 Å². The Balaban J connectivity index is 1.89. The van der Waals surface area contributed by atoms with Crippen molar-refractivity contribution in [2.24, 2.45) is 0 Å². The molecule has 0 amide bonds. The van der Waals surface area contributed by atoms with E-state index in [4.69, 9.17) is 5.73 Å². The van der Waals surface area contributed by atoms with Crippen LogP contribution in [0.4, 0.5) is 10.1 Å². The molecule has 0 saturated heterocycles. The Kier molecular flexibility index (Phi) is 3.19. The van der Waals surface area contributed by atoms with Crippen molar-refractivity contribution >= 4 is 5.69 Å². The Labute approximate surface area is 111 Å². The fraction of sp³-hybridized carbons (Fsp3) is 0.429. The van der Waals surface area contributed by atoms with E-state index in [1.54, 1.807) is 6.07 Å². The van der Waals surface area contributed by atoms with Gasteiger partial charge < -0.3 is 5.73 Å². The molecule has 1 fully saturated rings. The lowest BCUT2D eigenvalue weighted by Gasteiger charge is -2.18. The van der Waals surface area contributed by atoms with E-state index in [-0.39, 0.29) is 5.82 Å². The molecule has 1 aromatic heterocycles. The van der Waals surface area contributed by atoms with Crippen LogP contribution in [0.5, 0.6) is 0 Å². The minimum atomic E-state index is -0.344. The highest BCUT2D eigenvalue weighted by atomic mass is 19.1. The topological polar surface area (TPSA) is 67.6 Å². The normalized spacial score (nSPS) is 16.7. The fourth-order valence-electron chi connectivity index (χ4n) is 2.67. The third kappa shape index (κ3) is 2.45. The summed E-state index contributed by atoms with van der Waals surface area (Å²) < 4.78 is 13.8. The predicted octanol–water partition coefficient (Wildman–Crippen LogP) is 3.24. The third-order valence-corrected chi connectivity index (χ3v) is 3.73. The lowest BCUT2D eigenvalue weighted by molar-refractivity contribution is 0.429. The van der Waals surface area contributed by atoms with Crippen LogP contribution in [0.2, 0.25) is 0 Å². The number of aromatic amines is 1. The molecular formula is C14H17FN4. The van der Waals surface area contributed by atoms with Gasteiger partial charge in [0, 0.05) is 11.6 Å². The lowest BCUT2D eigenvalue weighted by Crippen LogP contribution is -2.06. The number of rotatable bonds is 2. The number of halogens is 1. The average Bonchev–Trinajstić information content (AvgIpc) is 2.92. The van der Waals surface area contributed by atoms with Crippen molar-refractivity contribution in [1.29, 1.82) is 0 Å². The van der Waals surface area contributed by atoms with Gasteiger partial charge >= 0.3 is 0 Å². The molecule has 1 heterocycles. The number of anilines is 1. The van der Waals surface area contributed by atoms with E-state index in [1.165, 1.54) is 31.4 Å². The summed E-state index contributed by atoms with van der Waals surface area (Å²) in [6.45, 7) is 0. The summed E-state index contributed by atoms with van der Waals surface area (Å²) >= 11 is 0. The molecule has 0 bridgehead atoms. The van der Waals surface area contributed by atoms with Crippen LogP contribution < -0.4 is 5.73 Å². The molecule has 100 valence electrons. The summed E-state index contributed by atoms with van der Waals surface area (Å²) in [5.41, 5.74) is 6.56. The van der Waals surface area contributed by atoms with Crippen LogP contribution in [-0.4, -0.2) is 15.2 Å². The van der Waals surface area contributed by atoms with E-state index < -0.39 is 0 Å². The molecule has 0 unspecified atom stereocenters. The van der Waals surface area contributed by atoms with Crippen molar-refractivity contribution in [2.45, 2.75) is 38.0 Å². The summed E-state index contributed by atoms with van der Waals surface area (Å²) in [6.07, 6.45) is 6.02. The van der Waals surface area contributed by atoms with Crippen molar-refractivity contribution < 1.29 is 4.39 Å². The number of hydrogen-bond donors (Lipinski definition) is 2. The Morgan fingerprint density at radius 3 is 2.79 bits per heavy atom. The van der Waals surface area contributed by atoms with Crippen LogP contribution in [0.1, 0.15) is 43.8 Å². The van der Waals surface area contributed by atoms with E-state index in [9.17, 15) is 4.39 Å². The lowest BCUT2D eigenvalue weighted by atomic mass is 9.89. The molecule has 1 aliphatic rings. The first-order chi connectivity index (χ1) is 9.24. The molecule has 19 heavy (non-hydrogen) atoms. The number of nitrogens with one attached hydrogen (secondary N) is 1. The molecule has 0 atom stereocenters. The summed E-state index contributed by atoms with van der Waals surface area (Å²) in [4.78, 5) is 4.44. The zero-order valence-corrected chi connectivity index (χ0v) is 10.7. The maximum atomic E-state index is 13.8. The Morgan fingerprint density at radius 2 is 2.00 bits per heavy atom. The molecule has 5 heteroatoms. The van der Waals surface area contributed by atoms with Gasteiger partial charge in [0.2, 0.25) is 0 Å². The van der Waals surface area contributed by atoms with Gasteiger partial charge in [0.25, 0.3) is 0 Å². The minimum absolute atomic E-state index is 0.344. The SMILES string of the molecule is Nc1ccc(F)c(-c2n[nH]c(C3CCCCC3)n2)c1. The Morgan fingerprint density at radius 1 is 1.21 bits per heavy atom. The zero-order valence-electron chi connectivity index (χ0n) is 10.7. The summed E-state index contributed by atoms with van der Waals surface area (Å²) in [6, 6.07) is 4.46. The van der Waals surface area contributed by atoms with Crippen LogP contribution >= 0.6 is 0 Å². The monoisotopic (exact) mass is 260 g/mol. The van der Waals surface area contributed by atoms with Gasteiger partial charge in [-0.3, -0.25) is 5.10 Å². The van der Waals surface area contributed by atoms with Gasteiger partial charge in [0.05, 0.1) is 5.56 Å².